The molecular weight excluding hydrogens is 406 g/mol. The van der Waals surface area contributed by atoms with Gasteiger partial charge in [0.25, 0.3) is 0 Å². The van der Waals surface area contributed by atoms with E-state index in [9.17, 15) is 10.4 Å². The van der Waals surface area contributed by atoms with Crippen LogP contribution in [0.5, 0.6) is 0 Å². The lowest BCUT2D eigenvalue weighted by Crippen LogP contribution is -2.50. The van der Waals surface area contributed by atoms with Crippen molar-refractivity contribution in [3.05, 3.63) is 53.5 Å². The van der Waals surface area contributed by atoms with E-state index in [-0.39, 0.29) is 11.9 Å². The number of thioether (sulfide) groups is 1. The van der Waals surface area contributed by atoms with Crippen molar-refractivity contribution in [1.82, 2.24) is 14.9 Å². The van der Waals surface area contributed by atoms with Crippen molar-refractivity contribution < 1.29 is 5.11 Å². The second kappa shape index (κ2) is 8.89. The van der Waals surface area contributed by atoms with Gasteiger partial charge < -0.3 is 15.3 Å². The summed E-state index contributed by atoms with van der Waals surface area (Å²) in [4.78, 5) is 11.8. The minimum atomic E-state index is -0.780. The molecule has 1 saturated carbocycles. The van der Waals surface area contributed by atoms with Crippen LogP contribution in [0.4, 0.5) is 11.6 Å². The number of aliphatic hydroxyl groups is 1. The highest BCUT2D eigenvalue weighted by Crippen LogP contribution is 2.49. The molecule has 1 aromatic heterocycles. The maximum absolute atomic E-state index is 11.5. The summed E-state index contributed by atoms with van der Waals surface area (Å²) in [5.41, 5.74) is 3.23. The van der Waals surface area contributed by atoms with Gasteiger partial charge in [-0.3, -0.25) is 0 Å². The van der Waals surface area contributed by atoms with E-state index in [2.05, 4.69) is 53.4 Å². The van der Waals surface area contributed by atoms with Gasteiger partial charge in [0, 0.05) is 28.7 Å². The van der Waals surface area contributed by atoms with Crippen molar-refractivity contribution in [2.75, 3.05) is 11.9 Å². The lowest BCUT2D eigenvalue weighted by Gasteiger charge is -2.42. The van der Waals surface area contributed by atoms with Gasteiger partial charge in [0.1, 0.15) is 11.9 Å². The number of hydrogen-bond acceptors (Lipinski definition) is 7. The third-order valence-electron chi connectivity index (χ3n) is 5.96. The predicted octanol–water partition coefficient (Wildman–Crippen LogP) is 4.98. The SMILES string of the molecule is Cc1cc(Nc2nccc(C)n2)cc(C2=CN(CC#N)C(C3(O)CCCC(C)C3)S2)c1. The third kappa shape index (κ3) is 4.86. The molecule has 2 heterocycles. The third-order valence-corrected chi connectivity index (χ3v) is 7.49. The Labute approximate surface area is 188 Å². The number of nitriles is 1. The molecule has 2 N–H and O–H groups in total. The van der Waals surface area contributed by atoms with E-state index in [1.54, 1.807) is 18.0 Å². The van der Waals surface area contributed by atoms with Crippen LogP contribution >= 0.6 is 11.8 Å². The highest BCUT2D eigenvalue weighted by Gasteiger charge is 2.45. The smallest absolute Gasteiger partial charge is 0.227 e. The summed E-state index contributed by atoms with van der Waals surface area (Å²) in [6, 6.07) is 10.4. The van der Waals surface area contributed by atoms with Gasteiger partial charge in [-0.05, 0) is 61.9 Å². The topological polar surface area (TPSA) is 85.1 Å². The van der Waals surface area contributed by atoms with Gasteiger partial charge in [-0.1, -0.05) is 37.6 Å². The van der Waals surface area contributed by atoms with E-state index in [0.29, 0.717) is 11.9 Å². The Morgan fingerprint density at radius 3 is 2.94 bits per heavy atom. The number of aryl methyl sites for hydroxylation is 2. The Morgan fingerprint density at radius 1 is 1.35 bits per heavy atom. The first-order chi connectivity index (χ1) is 14.9. The summed E-state index contributed by atoms with van der Waals surface area (Å²) in [5.74, 6) is 1.07. The van der Waals surface area contributed by atoms with Crippen LogP contribution in [-0.4, -0.2) is 37.5 Å². The summed E-state index contributed by atoms with van der Waals surface area (Å²) in [6.07, 6.45) is 7.53. The largest absolute Gasteiger partial charge is 0.387 e. The van der Waals surface area contributed by atoms with E-state index >= 15 is 0 Å². The van der Waals surface area contributed by atoms with Gasteiger partial charge in [0.2, 0.25) is 5.95 Å². The van der Waals surface area contributed by atoms with Crippen LogP contribution in [0.2, 0.25) is 0 Å². The zero-order valence-corrected chi connectivity index (χ0v) is 19.1. The summed E-state index contributed by atoms with van der Waals surface area (Å²) >= 11 is 1.67. The molecule has 1 aliphatic heterocycles. The number of nitrogens with zero attached hydrogens (tertiary/aromatic N) is 4. The molecule has 4 rings (SSSR count). The van der Waals surface area contributed by atoms with Crippen molar-refractivity contribution in [3.63, 3.8) is 0 Å². The lowest BCUT2D eigenvalue weighted by molar-refractivity contribution is -0.0403. The van der Waals surface area contributed by atoms with E-state index < -0.39 is 5.60 Å². The number of nitrogens with one attached hydrogen (secondary N) is 1. The average molecular weight is 436 g/mol. The number of hydrogen-bond donors (Lipinski definition) is 2. The highest BCUT2D eigenvalue weighted by molar-refractivity contribution is 8.09. The van der Waals surface area contributed by atoms with Crippen LogP contribution in [-0.2, 0) is 0 Å². The molecule has 2 aliphatic rings. The van der Waals surface area contributed by atoms with Crippen LogP contribution in [0.1, 0.15) is 49.4 Å². The lowest BCUT2D eigenvalue weighted by atomic mass is 9.78. The van der Waals surface area contributed by atoms with E-state index in [1.807, 2.05) is 24.1 Å². The predicted molar refractivity (Wildman–Crippen MR) is 125 cm³/mol. The van der Waals surface area contributed by atoms with Crippen LogP contribution < -0.4 is 5.32 Å². The van der Waals surface area contributed by atoms with Crippen molar-refractivity contribution in [1.29, 1.82) is 5.26 Å². The average Bonchev–Trinajstić information content (AvgIpc) is 3.13. The van der Waals surface area contributed by atoms with Crippen molar-refractivity contribution in [2.24, 2.45) is 5.92 Å². The Morgan fingerprint density at radius 2 is 2.19 bits per heavy atom. The van der Waals surface area contributed by atoms with E-state index in [1.165, 1.54) is 0 Å². The van der Waals surface area contributed by atoms with Crippen LogP contribution in [0.3, 0.4) is 0 Å². The number of anilines is 2. The summed E-state index contributed by atoms with van der Waals surface area (Å²) < 4.78 is 0. The van der Waals surface area contributed by atoms with Crippen molar-refractivity contribution in [3.8, 4) is 6.07 Å². The van der Waals surface area contributed by atoms with Gasteiger partial charge in [0.15, 0.2) is 0 Å². The number of aromatic nitrogens is 2. The van der Waals surface area contributed by atoms with Crippen LogP contribution in [0.25, 0.3) is 4.91 Å². The van der Waals surface area contributed by atoms with Crippen molar-refractivity contribution in [2.45, 2.75) is 57.4 Å². The summed E-state index contributed by atoms with van der Waals surface area (Å²) in [5, 5.41) is 24.0. The molecule has 0 saturated heterocycles. The molecule has 0 amide bonds. The van der Waals surface area contributed by atoms with E-state index in [0.717, 1.165) is 53.1 Å². The molecule has 1 aromatic carbocycles. The Bertz CT molecular complexity index is 1030. The second-order valence-corrected chi connectivity index (χ2v) is 9.96. The Balaban J connectivity index is 1.60. The summed E-state index contributed by atoms with van der Waals surface area (Å²) in [6.45, 7) is 6.48. The minimum Gasteiger partial charge on any atom is -0.387 e. The van der Waals surface area contributed by atoms with Crippen molar-refractivity contribution >= 4 is 28.3 Å². The monoisotopic (exact) mass is 435 g/mol. The van der Waals surface area contributed by atoms with E-state index in [4.69, 9.17) is 0 Å². The van der Waals surface area contributed by atoms with Gasteiger partial charge in [-0.15, -0.1) is 0 Å². The van der Waals surface area contributed by atoms with Gasteiger partial charge >= 0.3 is 0 Å². The molecule has 3 unspecified atom stereocenters. The molecule has 1 fully saturated rings. The molecule has 31 heavy (non-hydrogen) atoms. The fourth-order valence-corrected chi connectivity index (χ4v) is 6.03. The first kappa shape index (κ1) is 21.7. The molecule has 3 atom stereocenters. The maximum atomic E-state index is 11.5. The van der Waals surface area contributed by atoms with Gasteiger partial charge in [-0.2, -0.15) is 5.26 Å². The molecule has 1 aliphatic carbocycles. The van der Waals surface area contributed by atoms with Crippen LogP contribution in [0, 0.1) is 31.1 Å². The summed E-state index contributed by atoms with van der Waals surface area (Å²) in [7, 11) is 0. The molecular formula is C24H29N5OS. The van der Waals surface area contributed by atoms with Gasteiger partial charge in [0.05, 0.1) is 11.7 Å². The Hall–Kier alpha value is -2.56. The quantitative estimate of drug-likeness (QED) is 0.641. The first-order valence-electron chi connectivity index (χ1n) is 10.8. The molecule has 162 valence electrons. The molecule has 0 bridgehead atoms. The molecule has 6 nitrogen and oxygen atoms in total. The molecule has 0 spiro atoms. The minimum absolute atomic E-state index is 0.137. The normalized spacial score (nSPS) is 25.8. The zero-order valence-electron chi connectivity index (χ0n) is 18.3. The fraction of sp³-hybridized carbons (Fsp3) is 0.458. The van der Waals surface area contributed by atoms with Crippen LogP contribution in [0.15, 0.2) is 36.7 Å². The second-order valence-electron chi connectivity index (χ2n) is 8.83. The highest BCUT2D eigenvalue weighted by atomic mass is 32.2. The van der Waals surface area contributed by atoms with Gasteiger partial charge in [-0.25, -0.2) is 9.97 Å². The molecule has 2 aromatic rings. The standard InChI is InChI=1S/C24H29N5OS/c1-16-5-4-7-24(30,14-16)22-29(10-8-25)15-21(31-22)19-11-17(2)12-20(13-19)28-23-26-9-6-18(3)27-23/h6,9,11-13,15-16,22,30H,4-5,7,10,14H2,1-3H3,(H,26,27,28). The zero-order chi connectivity index (χ0) is 22.0. The Kier molecular flexibility index (Phi) is 6.22. The maximum Gasteiger partial charge on any atom is 0.227 e. The number of rotatable bonds is 5. The first-order valence-corrected chi connectivity index (χ1v) is 11.7. The molecule has 0 radical (unpaired) electrons. The molecule has 7 heteroatoms. The fourth-order valence-electron chi connectivity index (χ4n) is 4.63. The number of benzene rings is 1.